The number of aromatic nitrogens is 2. The monoisotopic (exact) mass is 292 g/mol. The summed E-state index contributed by atoms with van der Waals surface area (Å²) >= 11 is 3.19. The van der Waals surface area contributed by atoms with E-state index in [9.17, 15) is 12.3 Å². The first-order valence-electron chi connectivity index (χ1n) is 3.96. The van der Waals surface area contributed by atoms with Gasteiger partial charge in [-0.25, -0.2) is 0 Å². The molecule has 0 spiro atoms. The Morgan fingerprint density at radius 3 is 2.73 bits per heavy atom. The van der Waals surface area contributed by atoms with Crippen molar-refractivity contribution < 1.29 is 12.3 Å². The molecule has 1 aromatic carbocycles. The van der Waals surface area contributed by atoms with Crippen LogP contribution in [0, 0.1) is 0 Å². The van der Waals surface area contributed by atoms with Crippen LogP contribution in [0.3, 0.4) is 0 Å². The lowest BCUT2D eigenvalue weighted by atomic mass is 10.3. The maximum Gasteiger partial charge on any atom is 0.350 e. The van der Waals surface area contributed by atoms with Crippen molar-refractivity contribution in [3.8, 4) is 0 Å². The first kappa shape index (κ1) is 10.6. The Hall–Kier alpha value is -0.950. The Morgan fingerprint density at radius 2 is 2.13 bits per heavy atom. The van der Waals surface area contributed by atoms with Gasteiger partial charge >= 0.3 is 10.2 Å². The van der Waals surface area contributed by atoms with Gasteiger partial charge in [0.05, 0.1) is 5.52 Å². The summed E-state index contributed by atoms with van der Waals surface area (Å²) in [5.74, 6) is 0. The van der Waals surface area contributed by atoms with E-state index in [1.54, 1.807) is 12.1 Å². The van der Waals surface area contributed by atoms with Crippen molar-refractivity contribution in [3.63, 3.8) is 0 Å². The van der Waals surface area contributed by atoms with Crippen LogP contribution in [0.1, 0.15) is 0 Å². The number of halogens is 2. The van der Waals surface area contributed by atoms with E-state index in [0.717, 1.165) is 4.68 Å². The summed E-state index contributed by atoms with van der Waals surface area (Å²) in [5, 5.41) is 3.75. The first-order chi connectivity index (χ1) is 6.89. The van der Waals surface area contributed by atoms with E-state index in [0.29, 0.717) is 9.99 Å². The summed E-state index contributed by atoms with van der Waals surface area (Å²) in [5.41, 5.74) is 0.442. The summed E-state index contributed by atoms with van der Waals surface area (Å²) < 4.78 is 36.5. The van der Waals surface area contributed by atoms with Gasteiger partial charge in [0.1, 0.15) is 0 Å². The van der Waals surface area contributed by atoms with Crippen LogP contribution < -0.4 is 0 Å². The summed E-state index contributed by atoms with van der Waals surface area (Å²) in [4.78, 5) is 0. The van der Waals surface area contributed by atoms with Gasteiger partial charge in [0.25, 0.3) is 0 Å². The van der Waals surface area contributed by atoms with Gasteiger partial charge in [-0.15, -0.1) is 0 Å². The summed E-state index contributed by atoms with van der Waals surface area (Å²) in [6.07, 6.45) is 0. The Bertz CT molecular complexity index is 635. The fourth-order valence-corrected chi connectivity index (χ4v) is 2.58. The van der Waals surface area contributed by atoms with Gasteiger partial charge in [-0.2, -0.15) is 13.5 Å². The summed E-state index contributed by atoms with van der Waals surface area (Å²) in [6.45, 7) is 0. The lowest BCUT2D eigenvalue weighted by Gasteiger charge is -1.95. The van der Waals surface area contributed by atoms with E-state index in [4.69, 9.17) is 0 Å². The molecule has 0 aliphatic rings. The van der Waals surface area contributed by atoms with Gasteiger partial charge in [-0.05, 0) is 18.2 Å². The third kappa shape index (κ3) is 1.76. The van der Waals surface area contributed by atoms with Crippen LogP contribution >= 0.6 is 15.9 Å². The van der Waals surface area contributed by atoms with Crippen LogP contribution in [0.25, 0.3) is 10.9 Å². The number of benzene rings is 1. The molecule has 0 aliphatic carbocycles. The first-order valence-corrected chi connectivity index (χ1v) is 6.14. The number of hydrogen-bond donors (Lipinski definition) is 0. The molecule has 0 unspecified atom stereocenters. The minimum Gasteiger partial charge on any atom is -0.254 e. The molecule has 0 aliphatic heterocycles. The minimum atomic E-state index is -4.75. The number of aryl methyl sites for hydroxylation is 1. The highest BCUT2D eigenvalue weighted by molar-refractivity contribution is 9.10. The zero-order chi connectivity index (χ0) is 11.2. The second kappa shape index (κ2) is 3.28. The average Bonchev–Trinajstić information content (AvgIpc) is 2.38. The highest BCUT2D eigenvalue weighted by atomic mass is 79.9. The molecular weight excluding hydrogens is 287 g/mol. The zero-order valence-electron chi connectivity index (χ0n) is 7.61. The molecule has 15 heavy (non-hydrogen) atoms. The molecule has 0 saturated carbocycles. The van der Waals surface area contributed by atoms with Crippen LogP contribution in [0.2, 0.25) is 0 Å². The lowest BCUT2D eigenvalue weighted by Crippen LogP contribution is -2.02. The van der Waals surface area contributed by atoms with Gasteiger partial charge in [-0.3, -0.25) is 4.68 Å². The van der Waals surface area contributed by atoms with Crippen LogP contribution in [-0.2, 0) is 17.3 Å². The van der Waals surface area contributed by atoms with Crippen LogP contribution in [0.4, 0.5) is 3.89 Å². The van der Waals surface area contributed by atoms with E-state index in [-0.39, 0.29) is 5.39 Å². The second-order valence-corrected chi connectivity index (χ2v) is 5.21. The van der Waals surface area contributed by atoms with E-state index >= 15 is 0 Å². The summed E-state index contributed by atoms with van der Waals surface area (Å²) in [6, 6.07) is 4.85. The summed E-state index contributed by atoms with van der Waals surface area (Å²) in [7, 11) is -3.36. The van der Waals surface area contributed by atoms with Gasteiger partial charge in [0.2, 0.25) is 0 Å². The maximum atomic E-state index is 13.0. The van der Waals surface area contributed by atoms with E-state index in [1.807, 2.05) is 0 Å². The Labute approximate surface area is 94.0 Å². The van der Waals surface area contributed by atoms with Gasteiger partial charge in [0.15, 0.2) is 5.03 Å². The van der Waals surface area contributed by atoms with Crippen molar-refractivity contribution in [2.24, 2.45) is 7.05 Å². The molecule has 0 atom stereocenters. The van der Waals surface area contributed by atoms with E-state index in [1.165, 1.54) is 13.1 Å². The highest BCUT2D eigenvalue weighted by Gasteiger charge is 2.22. The zero-order valence-corrected chi connectivity index (χ0v) is 10.0. The number of nitrogens with zero attached hydrogens (tertiary/aromatic N) is 2. The van der Waals surface area contributed by atoms with Crippen molar-refractivity contribution in [3.05, 3.63) is 22.7 Å². The normalized spacial score (nSPS) is 12.2. The topological polar surface area (TPSA) is 52.0 Å². The Morgan fingerprint density at radius 1 is 1.47 bits per heavy atom. The molecule has 2 aromatic rings. The van der Waals surface area contributed by atoms with E-state index < -0.39 is 15.2 Å². The molecule has 0 fully saturated rings. The van der Waals surface area contributed by atoms with Crippen molar-refractivity contribution in [2.45, 2.75) is 5.03 Å². The molecule has 1 aromatic heterocycles. The molecule has 0 radical (unpaired) electrons. The number of rotatable bonds is 1. The lowest BCUT2D eigenvalue weighted by molar-refractivity contribution is 0.536. The van der Waals surface area contributed by atoms with Crippen molar-refractivity contribution >= 4 is 37.1 Å². The molecule has 0 saturated heterocycles. The Balaban J connectivity index is 2.95. The van der Waals surface area contributed by atoms with Crippen LogP contribution in [-0.4, -0.2) is 18.2 Å². The molecule has 0 bridgehead atoms. The third-order valence-electron chi connectivity index (χ3n) is 1.97. The molecule has 1 heterocycles. The highest BCUT2D eigenvalue weighted by Crippen LogP contribution is 2.26. The molecule has 80 valence electrons. The second-order valence-electron chi connectivity index (χ2n) is 3.03. The third-order valence-corrected chi connectivity index (χ3v) is 3.41. The van der Waals surface area contributed by atoms with Gasteiger partial charge in [-0.1, -0.05) is 19.8 Å². The number of hydrogen-bond acceptors (Lipinski definition) is 3. The van der Waals surface area contributed by atoms with Crippen molar-refractivity contribution in [1.82, 2.24) is 9.78 Å². The van der Waals surface area contributed by atoms with Gasteiger partial charge in [0, 0.05) is 16.9 Å². The fraction of sp³-hybridized carbons (Fsp3) is 0.125. The maximum absolute atomic E-state index is 13.0. The van der Waals surface area contributed by atoms with Crippen molar-refractivity contribution in [2.75, 3.05) is 0 Å². The largest absolute Gasteiger partial charge is 0.350 e. The number of fused-ring (bicyclic) bond motifs is 1. The molecule has 0 amide bonds. The van der Waals surface area contributed by atoms with Crippen LogP contribution in [0.5, 0.6) is 0 Å². The van der Waals surface area contributed by atoms with E-state index in [2.05, 4.69) is 21.0 Å². The fourth-order valence-electron chi connectivity index (χ4n) is 1.44. The molecule has 7 heteroatoms. The Kier molecular flexibility index (Phi) is 2.31. The molecule has 4 nitrogen and oxygen atoms in total. The predicted octanol–water partition coefficient (Wildman–Crippen LogP) is 1.99. The van der Waals surface area contributed by atoms with Gasteiger partial charge < -0.3 is 0 Å². The average molecular weight is 293 g/mol. The molecule has 2 rings (SSSR count). The quantitative estimate of drug-likeness (QED) is 0.756. The smallest absolute Gasteiger partial charge is 0.254 e. The molecular formula is C8H6BrFN2O2S. The minimum absolute atomic E-state index is 0.273. The SMILES string of the molecule is Cn1nc2ccc(Br)cc2c1S(=O)(=O)F. The molecule has 0 N–H and O–H groups in total. The standard InChI is InChI=1S/C8H6BrFN2O2S/c1-12-8(15(10,13)14)6-4-5(9)2-3-7(6)11-12/h2-4H,1H3. The predicted molar refractivity (Wildman–Crippen MR) is 56.7 cm³/mol. The van der Waals surface area contributed by atoms with Crippen molar-refractivity contribution in [1.29, 1.82) is 0 Å². The van der Waals surface area contributed by atoms with Crippen LogP contribution in [0.15, 0.2) is 27.7 Å².